The highest BCUT2D eigenvalue weighted by molar-refractivity contribution is 7.25. The number of nitrogens with zero attached hydrogens (tertiary/aromatic N) is 3. The molecular formula is C35H20BN3S. The molecule has 3 aromatic heterocycles. The van der Waals surface area contributed by atoms with E-state index in [9.17, 15) is 0 Å². The molecule has 2 aliphatic rings. The zero-order valence-electron chi connectivity index (χ0n) is 21.4. The van der Waals surface area contributed by atoms with Crippen LogP contribution in [0.15, 0.2) is 121 Å². The fraction of sp³-hybridized carbons (Fsp3) is 0. The van der Waals surface area contributed by atoms with E-state index >= 15 is 0 Å². The third kappa shape index (κ3) is 2.54. The average molecular weight is 525 g/mol. The van der Waals surface area contributed by atoms with Gasteiger partial charge in [0.15, 0.2) is 0 Å². The lowest BCUT2D eigenvalue weighted by Crippen LogP contribution is -2.51. The van der Waals surface area contributed by atoms with Crippen LogP contribution in [-0.4, -0.2) is 16.4 Å². The summed E-state index contributed by atoms with van der Waals surface area (Å²) in [6, 6.07) is 44.3. The van der Waals surface area contributed by atoms with Gasteiger partial charge in [0.1, 0.15) is 0 Å². The Morgan fingerprint density at radius 1 is 0.600 bits per heavy atom. The average Bonchev–Trinajstić information content (AvgIpc) is 3.68. The lowest BCUT2D eigenvalue weighted by Gasteiger charge is -2.34. The Morgan fingerprint density at radius 3 is 2.38 bits per heavy atom. The summed E-state index contributed by atoms with van der Waals surface area (Å²) in [5.74, 6) is 0. The molecule has 184 valence electrons. The van der Waals surface area contributed by atoms with E-state index in [0.29, 0.717) is 0 Å². The Labute approximate surface area is 234 Å². The van der Waals surface area contributed by atoms with Crippen LogP contribution < -0.4 is 10.3 Å². The summed E-state index contributed by atoms with van der Waals surface area (Å²) in [6.45, 7) is 0.0599. The van der Waals surface area contributed by atoms with Crippen LogP contribution in [0.25, 0.3) is 64.5 Å². The van der Waals surface area contributed by atoms with E-state index in [0.717, 1.165) is 22.6 Å². The van der Waals surface area contributed by atoms with Gasteiger partial charge >= 0.3 is 6.98 Å². The zero-order valence-corrected chi connectivity index (χ0v) is 22.2. The number of rotatable bonds is 1. The van der Waals surface area contributed by atoms with Crippen LogP contribution >= 0.6 is 11.3 Å². The highest BCUT2D eigenvalue weighted by Crippen LogP contribution is 2.49. The van der Waals surface area contributed by atoms with Crippen LogP contribution in [0.2, 0.25) is 0 Å². The molecule has 0 bridgehead atoms. The second-order valence-electron chi connectivity index (χ2n) is 10.8. The van der Waals surface area contributed by atoms with Gasteiger partial charge in [0, 0.05) is 47.6 Å². The van der Waals surface area contributed by atoms with Gasteiger partial charge in [0.25, 0.3) is 0 Å². The van der Waals surface area contributed by atoms with Gasteiger partial charge in [-0.3, -0.25) is 0 Å². The van der Waals surface area contributed by atoms with Crippen LogP contribution in [0.4, 0.5) is 11.4 Å². The summed E-state index contributed by atoms with van der Waals surface area (Å²) in [7, 11) is 0. The molecule has 8 aromatic rings. The molecule has 0 unspecified atom stereocenters. The quantitative estimate of drug-likeness (QED) is 0.200. The van der Waals surface area contributed by atoms with Crippen molar-refractivity contribution in [2.75, 3.05) is 4.81 Å². The van der Waals surface area contributed by atoms with E-state index in [2.05, 4.69) is 131 Å². The molecule has 0 fully saturated rings. The molecule has 5 aromatic carbocycles. The molecule has 0 saturated heterocycles. The van der Waals surface area contributed by atoms with Crippen molar-refractivity contribution in [2.45, 2.75) is 0 Å². The van der Waals surface area contributed by atoms with Gasteiger partial charge in [-0.2, -0.15) is 0 Å². The van der Waals surface area contributed by atoms with Crippen molar-refractivity contribution in [1.82, 2.24) is 9.46 Å². The number of para-hydroxylation sites is 2. The van der Waals surface area contributed by atoms with Crippen LogP contribution in [0.3, 0.4) is 0 Å². The third-order valence-electron chi connectivity index (χ3n) is 8.76. The van der Waals surface area contributed by atoms with E-state index in [1.165, 1.54) is 58.7 Å². The minimum Gasteiger partial charge on any atom is -0.359 e. The Kier molecular flexibility index (Phi) is 3.89. The second kappa shape index (κ2) is 7.41. The maximum absolute atomic E-state index is 5.38. The first-order valence-corrected chi connectivity index (χ1v) is 14.5. The maximum Gasteiger partial charge on any atom is 0.421 e. The monoisotopic (exact) mass is 525 g/mol. The molecule has 0 spiro atoms. The Morgan fingerprint density at radius 2 is 1.40 bits per heavy atom. The van der Waals surface area contributed by atoms with Gasteiger partial charge < -0.3 is 9.29 Å². The van der Waals surface area contributed by atoms with Crippen molar-refractivity contribution in [3.05, 3.63) is 121 Å². The fourth-order valence-electron chi connectivity index (χ4n) is 7.10. The third-order valence-corrected chi connectivity index (χ3v) is 9.91. The fourth-order valence-corrected chi connectivity index (χ4v) is 8.18. The summed E-state index contributed by atoms with van der Waals surface area (Å²) >= 11 is 1.85. The van der Waals surface area contributed by atoms with E-state index in [1.807, 2.05) is 11.3 Å². The van der Waals surface area contributed by atoms with Gasteiger partial charge in [-0.05, 0) is 47.9 Å². The molecule has 0 atom stereocenters. The highest BCUT2D eigenvalue weighted by Gasteiger charge is 2.45. The van der Waals surface area contributed by atoms with Gasteiger partial charge in [-0.1, -0.05) is 78.9 Å². The van der Waals surface area contributed by atoms with E-state index in [4.69, 9.17) is 4.98 Å². The summed E-state index contributed by atoms with van der Waals surface area (Å²) < 4.78 is 5.17. The van der Waals surface area contributed by atoms with Gasteiger partial charge in [-0.15, -0.1) is 11.3 Å². The Hall–Kier alpha value is -4.87. The molecule has 5 heterocycles. The summed E-state index contributed by atoms with van der Waals surface area (Å²) in [6.07, 6.45) is 0. The molecule has 5 heteroatoms. The van der Waals surface area contributed by atoms with Crippen molar-refractivity contribution in [2.24, 2.45) is 0 Å². The second-order valence-corrected chi connectivity index (χ2v) is 11.8. The number of fused-ring (bicyclic) bond motifs is 14. The van der Waals surface area contributed by atoms with Crippen LogP contribution in [0.1, 0.15) is 0 Å². The molecule has 2 aliphatic heterocycles. The van der Waals surface area contributed by atoms with Gasteiger partial charge in [0.2, 0.25) is 0 Å². The summed E-state index contributed by atoms with van der Waals surface area (Å²) in [4.78, 5) is 7.88. The van der Waals surface area contributed by atoms with Crippen LogP contribution in [0, 0.1) is 0 Å². The molecular weight excluding hydrogens is 505 g/mol. The number of aromatic nitrogens is 2. The highest BCUT2D eigenvalue weighted by atomic mass is 32.1. The molecule has 0 radical (unpaired) electrons. The van der Waals surface area contributed by atoms with Crippen molar-refractivity contribution in [1.29, 1.82) is 0 Å². The molecule has 0 amide bonds. The predicted molar refractivity (Wildman–Crippen MR) is 170 cm³/mol. The first kappa shape index (κ1) is 21.0. The minimum atomic E-state index is 0.0599. The van der Waals surface area contributed by atoms with E-state index < -0.39 is 0 Å². The maximum atomic E-state index is 5.38. The van der Waals surface area contributed by atoms with Crippen molar-refractivity contribution < 1.29 is 0 Å². The van der Waals surface area contributed by atoms with Gasteiger partial charge in [0.05, 0.1) is 28.3 Å². The van der Waals surface area contributed by atoms with Gasteiger partial charge in [-0.25, -0.2) is 4.98 Å². The molecule has 10 rings (SSSR count). The number of thiophene rings is 1. The van der Waals surface area contributed by atoms with Crippen LogP contribution in [0.5, 0.6) is 0 Å². The standard InChI is InChI=1S/C35H20BN3S/c1-4-12-27-25(10-1)34-30(38-31-14-7-11-24-22-8-2-5-13-29(22)39(35(24)31)36(27)38)18-17-28(37-34)21-16-19-33-26(20-21)23-9-3-6-15-32(23)40-33/h1-20H. The zero-order chi connectivity index (χ0) is 25.9. The molecule has 0 aliphatic carbocycles. The molecule has 40 heavy (non-hydrogen) atoms. The normalized spacial score (nSPS) is 13.4. The summed E-state index contributed by atoms with van der Waals surface area (Å²) in [5, 5.41) is 5.24. The first-order valence-electron chi connectivity index (χ1n) is 13.7. The lowest BCUT2D eigenvalue weighted by molar-refractivity contribution is 1.25. The Balaban J connectivity index is 1.23. The topological polar surface area (TPSA) is 21.1 Å². The van der Waals surface area contributed by atoms with E-state index in [-0.39, 0.29) is 6.98 Å². The van der Waals surface area contributed by atoms with Crippen molar-refractivity contribution >= 4 is 77.1 Å². The SMILES string of the molecule is c1ccc2c(c1)B1N(c3ccc(-c4ccc5sc6ccccc6c5c4)nc3-2)c2cccc3c4ccccc4n1c23. The molecule has 3 nitrogen and oxygen atoms in total. The largest absolute Gasteiger partial charge is 0.421 e. The smallest absolute Gasteiger partial charge is 0.359 e. The van der Waals surface area contributed by atoms with Crippen molar-refractivity contribution in [3.63, 3.8) is 0 Å². The number of pyridine rings is 1. The lowest BCUT2D eigenvalue weighted by atomic mass is 9.61. The van der Waals surface area contributed by atoms with Crippen LogP contribution in [-0.2, 0) is 0 Å². The first-order chi connectivity index (χ1) is 19.8. The predicted octanol–water partition coefficient (Wildman–Crippen LogP) is 8.60. The Bertz CT molecular complexity index is 2370. The molecule has 0 N–H and O–H groups in total. The minimum absolute atomic E-state index is 0.0599. The summed E-state index contributed by atoms with van der Waals surface area (Å²) in [5.41, 5.74) is 10.7. The van der Waals surface area contributed by atoms with E-state index in [1.54, 1.807) is 0 Å². The van der Waals surface area contributed by atoms with Crippen molar-refractivity contribution in [3.8, 4) is 22.5 Å². The number of anilines is 2. The number of hydrogen-bond acceptors (Lipinski definition) is 3. The number of benzene rings is 5. The molecule has 0 saturated carbocycles. The number of hydrogen-bond donors (Lipinski definition) is 0.